The van der Waals surface area contributed by atoms with Gasteiger partial charge < -0.3 is 9.30 Å². The highest BCUT2D eigenvalue weighted by Gasteiger charge is 2.31. The van der Waals surface area contributed by atoms with E-state index in [1.165, 1.54) is 6.26 Å². The van der Waals surface area contributed by atoms with Crippen molar-refractivity contribution in [3.63, 3.8) is 0 Å². The number of aryl methyl sites for hydroxylation is 3. The number of fused-ring (bicyclic) bond motifs is 3. The summed E-state index contributed by atoms with van der Waals surface area (Å²) in [6.07, 6.45) is 6.87. The number of nitrogens with zero attached hydrogens (tertiary/aromatic N) is 6. The lowest BCUT2D eigenvalue weighted by Gasteiger charge is -2.32. The Morgan fingerprint density at radius 3 is 2.49 bits per heavy atom. The summed E-state index contributed by atoms with van der Waals surface area (Å²) >= 11 is 0. The quantitative estimate of drug-likeness (QED) is 0.309. The van der Waals surface area contributed by atoms with Gasteiger partial charge in [0.1, 0.15) is 0 Å². The molecule has 0 unspecified atom stereocenters. The Hall–Kier alpha value is -3.63. The number of rotatable bonds is 6. The van der Waals surface area contributed by atoms with E-state index in [-0.39, 0.29) is 17.7 Å². The molecular weight excluding hydrogens is 512 g/mol. The van der Waals surface area contributed by atoms with Crippen LogP contribution in [-0.2, 0) is 27.4 Å². The first-order chi connectivity index (χ1) is 18.7. The maximum atomic E-state index is 12.2. The van der Waals surface area contributed by atoms with Crippen molar-refractivity contribution in [2.45, 2.75) is 38.5 Å². The number of ether oxygens (including phenoxy) is 1. The van der Waals surface area contributed by atoms with Crippen LogP contribution in [0.2, 0.25) is 0 Å². The lowest BCUT2D eigenvalue weighted by atomic mass is 9.88. The van der Waals surface area contributed by atoms with Crippen LogP contribution in [0.3, 0.4) is 0 Å². The van der Waals surface area contributed by atoms with Gasteiger partial charge in [-0.2, -0.15) is 0 Å². The molecule has 1 fully saturated rings. The summed E-state index contributed by atoms with van der Waals surface area (Å²) in [6, 6.07) is 12.2. The maximum absolute atomic E-state index is 12.2. The first-order valence-electron chi connectivity index (χ1n) is 13.2. The Balaban J connectivity index is 1.67. The summed E-state index contributed by atoms with van der Waals surface area (Å²) in [4.78, 5) is 9.86. The highest BCUT2D eigenvalue weighted by atomic mass is 32.2. The molecule has 4 aromatic heterocycles. The van der Waals surface area contributed by atoms with Crippen LogP contribution in [0.15, 0.2) is 48.8 Å². The molecule has 39 heavy (non-hydrogen) atoms. The van der Waals surface area contributed by atoms with E-state index in [4.69, 9.17) is 14.7 Å². The predicted molar refractivity (Wildman–Crippen MR) is 151 cm³/mol. The van der Waals surface area contributed by atoms with Crippen LogP contribution in [0, 0.1) is 19.8 Å². The molecule has 10 heteroatoms. The summed E-state index contributed by atoms with van der Waals surface area (Å²) < 4.78 is 34.3. The smallest absolute Gasteiger partial charge is 0.151 e. The largest absolute Gasteiger partial charge is 0.381 e. The summed E-state index contributed by atoms with van der Waals surface area (Å²) in [6.45, 7) is 5.39. The number of hydrogen-bond acceptors (Lipinski definition) is 7. The second-order valence-corrected chi connectivity index (χ2v) is 12.8. The molecule has 0 aliphatic carbocycles. The highest BCUT2D eigenvalue weighted by Crippen LogP contribution is 2.41. The van der Waals surface area contributed by atoms with Gasteiger partial charge in [0.05, 0.1) is 45.4 Å². The molecule has 0 amide bonds. The zero-order chi connectivity index (χ0) is 27.3. The van der Waals surface area contributed by atoms with E-state index in [2.05, 4.69) is 33.1 Å². The third-order valence-corrected chi connectivity index (χ3v) is 8.49. The van der Waals surface area contributed by atoms with Gasteiger partial charge >= 0.3 is 0 Å². The van der Waals surface area contributed by atoms with Gasteiger partial charge in [0.15, 0.2) is 9.84 Å². The van der Waals surface area contributed by atoms with Crippen molar-refractivity contribution in [1.29, 1.82) is 0 Å². The molecule has 1 saturated heterocycles. The van der Waals surface area contributed by atoms with E-state index in [0.717, 1.165) is 68.6 Å². The van der Waals surface area contributed by atoms with E-state index in [9.17, 15) is 8.42 Å². The summed E-state index contributed by atoms with van der Waals surface area (Å²) in [5.74, 6) is 0.267. The van der Waals surface area contributed by atoms with Gasteiger partial charge in [-0.1, -0.05) is 23.4 Å². The van der Waals surface area contributed by atoms with Crippen molar-refractivity contribution >= 4 is 31.8 Å². The predicted octanol–water partition coefficient (Wildman–Crippen LogP) is 4.56. The van der Waals surface area contributed by atoms with Gasteiger partial charge in [0.25, 0.3) is 0 Å². The van der Waals surface area contributed by atoms with Gasteiger partial charge in [-0.25, -0.2) is 13.1 Å². The number of pyridine rings is 2. The minimum Gasteiger partial charge on any atom is -0.381 e. The second kappa shape index (κ2) is 9.84. The average Bonchev–Trinajstić information content (AvgIpc) is 3.40. The fourth-order valence-electron chi connectivity index (χ4n) is 5.90. The first-order valence-corrected chi connectivity index (χ1v) is 15.2. The molecule has 5 aromatic rings. The normalized spacial score (nSPS) is 15.8. The Bertz CT molecular complexity index is 1760. The Kier molecular flexibility index (Phi) is 6.47. The van der Waals surface area contributed by atoms with Crippen molar-refractivity contribution in [3.8, 4) is 11.3 Å². The number of benzene rings is 1. The lowest BCUT2D eigenvalue weighted by molar-refractivity contribution is 0.0547. The van der Waals surface area contributed by atoms with Gasteiger partial charge in [-0.15, -0.1) is 5.10 Å². The molecule has 1 aliphatic rings. The summed E-state index contributed by atoms with van der Waals surface area (Å²) in [7, 11) is -1.32. The molecule has 0 bridgehead atoms. The molecule has 202 valence electrons. The zero-order valence-corrected chi connectivity index (χ0v) is 23.4. The van der Waals surface area contributed by atoms with Crippen molar-refractivity contribution in [2.24, 2.45) is 13.0 Å². The standard InChI is InChI=1S/C29H32N6O3S/c1-18-5-8-24(30-15-18)29(21-9-11-38-12-10-21)35-25-13-20(17-39(4,36)37)6-7-23(25)27-26(35)14-22(16-31-27)28-19(2)32-33-34(28)3/h5-8,13-16,21,29H,9-12,17H2,1-4H3/t29-/m0/s1. The second-order valence-electron chi connectivity index (χ2n) is 10.7. The van der Waals surface area contributed by atoms with Crippen LogP contribution in [0.5, 0.6) is 0 Å². The minimum atomic E-state index is -3.20. The molecule has 6 rings (SSSR count). The van der Waals surface area contributed by atoms with Crippen molar-refractivity contribution in [3.05, 3.63) is 71.3 Å². The van der Waals surface area contributed by atoms with Gasteiger partial charge in [0, 0.05) is 49.9 Å². The molecule has 1 aromatic carbocycles. The Morgan fingerprint density at radius 2 is 1.82 bits per heavy atom. The van der Waals surface area contributed by atoms with Crippen molar-refractivity contribution in [1.82, 2.24) is 29.5 Å². The Labute approximate surface area is 227 Å². The van der Waals surface area contributed by atoms with Crippen LogP contribution in [-0.4, -0.2) is 57.4 Å². The topological polar surface area (TPSA) is 105 Å². The molecule has 5 heterocycles. The summed E-state index contributed by atoms with van der Waals surface area (Å²) in [5, 5.41) is 9.43. The van der Waals surface area contributed by atoms with Gasteiger partial charge in [-0.3, -0.25) is 9.97 Å². The number of hydrogen-bond donors (Lipinski definition) is 0. The van der Waals surface area contributed by atoms with Crippen LogP contribution in [0.25, 0.3) is 33.2 Å². The number of sulfone groups is 1. The van der Waals surface area contributed by atoms with E-state index in [0.29, 0.717) is 13.2 Å². The van der Waals surface area contributed by atoms with E-state index in [1.807, 2.05) is 51.5 Å². The molecule has 0 N–H and O–H groups in total. The maximum Gasteiger partial charge on any atom is 0.151 e. The van der Waals surface area contributed by atoms with Crippen LogP contribution in [0.1, 0.15) is 41.4 Å². The third kappa shape index (κ3) is 4.83. The first kappa shape index (κ1) is 25.6. The monoisotopic (exact) mass is 544 g/mol. The fraction of sp³-hybridized carbons (Fsp3) is 0.379. The average molecular weight is 545 g/mol. The van der Waals surface area contributed by atoms with Crippen molar-refractivity contribution < 1.29 is 13.2 Å². The van der Waals surface area contributed by atoms with Gasteiger partial charge in [0.2, 0.25) is 0 Å². The molecular formula is C29H32N6O3S. The van der Waals surface area contributed by atoms with E-state index < -0.39 is 9.84 Å². The minimum absolute atomic E-state index is 0.0201. The van der Waals surface area contributed by atoms with Crippen LogP contribution in [0.4, 0.5) is 0 Å². The number of aromatic nitrogens is 6. The lowest BCUT2D eigenvalue weighted by Crippen LogP contribution is -2.27. The fourth-order valence-corrected chi connectivity index (χ4v) is 6.68. The van der Waals surface area contributed by atoms with E-state index >= 15 is 0 Å². The highest BCUT2D eigenvalue weighted by molar-refractivity contribution is 7.89. The molecule has 9 nitrogen and oxygen atoms in total. The molecule has 1 atom stereocenters. The van der Waals surface area contributed by atoms with Crippen LogP contribution < -0.4 is 0 Å². The molecule has 0 radical (unpaired) electrons. The molecule has 0 saturated carbocycles. The Morgan fingerprint density at radius 1 is 1.03 bits per heavy atom. The van der Waals surface area contributed by atoms with Crippen molar-refractivity contribution in [2.75, 3.05) is 19.5 Å². The van der Waals surface area contributed by atoms with Crippen LogP contribution >= 0.6 is 0 Å². The SMILES string of the molecule is Cc1ccc([C@H](C2CCOCC2)n2c3cc(CS(C)(=O)=O)ccc3c3ncc(-c4c(C)nnn4C)cc32)nc1. The molecule has 0 spiro atoms. The van der Waals surface area contributed by atoms with Gasteiger partial charge in [-0.05, 0) is 61.9 Å². The third-order valence-electron chi connectivity index (χ3n) is 7.63. The summed E-state index contributed by atoms with van der Waals surface area (Å²) in [5.41, 5.74) is 8.30. The zero-order valence-electron chi connectivity index (χ0n) is 22.6. The molecule has 1 aliphatic heterocycles. The van der Waals surface area contributed by atoms with E-state index in [1.54, 1.807) is 4.68 Å².